The highest BCUT2D eigenvalue weighted by molar-refractivity contribution is 6.18. The Kier molecular flexibility index (Phi) is 6.35. The lowest BCUT2D eigenvalue weighted by Crippen LogP contribution is -2.29. The average molecular weight is 645 g/mol. The van der Waals surface area contributed by atoms with E-state index in [0.29, 0.717) is 23.4 Å². The Morgan fingerprint density at radius 3 is 2.26 bits per heavy atom. The van der Waals surface area contributed by atoms with Crippen molar-refractivity contribution in [3.8, 4) is 34.3 Å². The molecule has 1 aliphatic rings. The van der Waals surface area contributed by atoms with Crippen molar-refractivity contribution in [1.29, 1.82) is 0 Å². The van der Waals surface area contributed by atoms with Crippen LogP contribution >= 0.6 is 0 Å². The van der Waals surface area contributed by atoms with Gasteiger partial charge in [0.25, 0.3) is 6.33 Å². The van der Waals surface area contributed by atoms with E-state index >= 15 is 0 Å². The number of nitrogens with one attached hydrogen (secondary N) is 1. The molecule has 9 aromatic rings. The molecule has 0 unspecified atom stereocenters. The second kappa shape index (κ2) is 11.3. The van der Waals surface area contributed by atoms with Crippen molar-refractivity contribution in [2.45, 2.75) is 0 Å². The van der Waals surface area contributed by atoms with Gasteiger partial charge < -0.3 is 10.1 Å². The molecule has 0 fully saturated rings. The van der Waals surface area contributed by atoms with Crippen LogP contribution in [-0.2, 0) is 0 Å². The third-order valence-corrected chi connectivity index (χ3v) is 9.19. The molecule has 4 heterocycles. The molecule has 0 aliphatic carbocycles. The molecule has 0 amide bonds. The summed E-state index contributed by atoms with van der Waals surface area (Å²) in [6, 6.07) is 55.5. The first kappa shape index (κ1) is 28.1. The zero-order chi connectivity index (χ0) is 33.0. The number of para-hydroxylation sites is 6. The van der Waals surface area contributed by atoms with Crippen LogP contribution in [0.2, 0.25) is 0 Å². The third kappa shape index (κ3) is 4.56. The molecule has 7 nitrogen and oxygen atoms in total. The van der Waals surface area contributed by atoms with Crippen LogP contribution in [-0.4, -0.2) is 20.1 Å². The summed E-state index contributed by atoms with van der Waals surface area (Å²) in [7, 11) is 0. The van der Waals surface area contributed by atoms with Crippen molar-refractivity contribution in [3.05, 3.63) is 170 Å². The van der Waals surface area contributed by atoms with Gasteiger partial charge in [-0.15, -0.1) is 0 Å². The van der Waals surface area contributed by atoms with E-state index in [-0.39, 0.29) is 0 Å². The predicted molar refractivity (Wildman–Crippen MR) is 199 cm³/mol. The van der Waals surface area contributed by atoms with Gasteiger partial charge in [-0.3, -0.25) is 13.7 Å². The first-order chi connectivity index (χ1) is 24.8. The second-order valence-corrected chi connectivity index (χ2v) is 12.2. The summed E-state index contributed by atoms with van der Waals surface area (Å²) >= 11 is 0. The Labute approximate surface area is 287 Å². The number of aromatic nitrogens is 4. The minimum Gasteiger partial charge on any atom is -0.440 e. The highest BCUT2D eigenvalue weighted by Crippen LogP contribution is 2.39. The minimum atomic E-state index is 0.481. The van der Waals surface area contributed by atoms with Crippen LogP contribution in [0, 0.1) is 6.33 Å². The topological polar surface area (TPSA) is 60.2 Å². The molecule has 6 aromatic carbocycles. The van der Waals surface area contributed by atoms with Crippen molar-refractivity contribution in [3.63, 3.8) is 0 Å². The number of rotatable bonds is 4. The number of fused-ring (bicyclic) bond motifs is 7. The third-order valence-electron chi connectivity index (χ3n) is 9.19. The number of nitrogens with zero attached hydrogens (tertiary/aromatic N) is 5. The summed E-state index contributed by atoms with van der Waals surface area (Å²) in [4.78, 5) is 10.2. The van der Waals surface area contributed by atoms with Gasteiger partial charge in [-0.05, 0) is 54.6 Å². The molecule has 0 spiro atoms. The van der Waals surface area contributed by atoms with Gasteiger partial charge in [0.15, 0.2) is 5.82 Å². The number of anilines is 1. The van der Waals surface area contributed by atoms with Crippen LogP contribution in [0.25, 0.3) is 55.5 Å². The molecule has 10 rings (SSSR count). The van der Waals surface area contributed by atoms with Crippen molar-refractivity contribution >= 4 is 50.2 Å². The second-order valence-electron chi connectivity index (χ2n) is 12.2. The van der Waals surface area contributed by atoms with Crippen molar-refractivity contribution in [2.24, 2.45) is 4.99 Å². The van der Waals surface area contributed by atoms with Crippen LogP contribution in [0.1, 0.15) is 0 Å². The zero-order valence-electron chi connectivity index (χ0n) is 26.7. The Morgan fingerprint density at radius 1 is 0.600 bits per heavy atom. The largest absolute Gasteiger partial charge is 0.440 e. The number of pyridine rings is 1. The van der Waals surface area contributed by atoms with Gasteiger partial charge in [-0.1, -0.05) is 103 Å². The van der Waals surface area contributed by atoms with Crippen molar-refractivity contribution < 1.29 is 9.30 Å². The molecule has 3 aromatic heterocycles. The number of hydrogen-bond acceptors (Lipinski definition) is 4. The van der Waals surface area contributed by atoms with Gasteiger partial charge in [0.05, 0.1) is 33.4 Å². The molecule has 50 heavy (non-hydrogen) atoms. The highest BCUT2D eigenvalue weighted by atomic mass is 16.5. The number of ether oxygens (including phenoxy) is 1. The summed E-state index contributed by atoms with van der Waals surface area (Å²) in [5.74, 6) is 2.57. The maximum atomic E-state index is 6.51. The number of hydrogen-bond donors (Lipinski definition) is 1. The van der Waals surface area contributed by atoms with E-state index in [1.54, 1.807) is 0 Å². The normalized spacial score (nSPS) is 12.3. The molecule has 1 aliphatic heterocycles. The lowest BCUT2D eigenvalue weighted by Gasteiger charge is -2.14. The fourth-order valence-electron chi connectivity index (χ4n) is 6.94. The molecular weight excluding hydrogens is 617 g/mol. The van der Waals surface area contributed by atoms with Gasteiger partial charge in [0.2, 0.25) is 11.8 Å². The van der Waals surface area contributed by atoms with E-state index < -0.39 is 0 Å². The maximum Gasteiger partial charge on any atom is 0.271 e. The zero-order valence-corrected chi connectivity index (χ0v) is 26.7. The smallest absolute Gasteiger partial charge is 0.271 e. The summed E-state index contributed by atoms with van der Waals surface area (Å²) in [5, 5.41) is 5.90. The predicted octanol–water partition coefficient (Wildman–Crippen LogP) is 9.63. The first-order valence-electron chi connectivity index (χ1n) is 16.5. The quantitative estimate of drug-likeness (QED) is 0.153. The number of benzene rings is 6. The average Bonchev–Trinajstić information content (AvgIpc) is 3.66. The summed E-state index contributed by atoms with van der Waals surface area (Å²) in [6.45, 7) is 0. The van der Waals surface area contributed by atoms with E-state index in [2.05, 4.69) is 118 Å². The first-order valence-corrected chi connectivity index (χ1v) is 16.5. The fourth-order valence-corrected chi connectivity index (χ4v) is 6.94. The Balaban J connectivity index is 1.08. The highest BCUT2D eigenvalue weighted by Gasteiger charge is 2.21. The van der Waals surface area contributed by atoms with Gasteiger partial charge in [0, 0.05) is 33.7 Å². The lowest BCUT2D eigenvalue weighted by atomic mass is 10.0. The number of aliphatic imine (C=N–C) groups is 1. The monoisotopic (exact) mass is 644 g/mol. The molecule has 0 saturated heterocycles. The van der Waals surface area contributed by atoms with Gasteiger partial charge in [-0.2, -0.15) is 0 Å². The van der Waals surface area contributed by atoms with E-state index in [9.17, 15) is 0 Å². The molecule has 0 bridgehead atoms. The van der Waals surface area contributed by atoms with Gasteiger partial charge in [0.1, 0.15) is 5.75 Å². The Bertz CT molecular complexity index is 2780. The molecule has 0 saturated carbocycles. The summed E-state index contributed by atoms with van der Waals surface area (Å²) in [5.41, 5.74) is 9.17. The van der Waals surface area contributed by atoms with Crippen LogP contribution in [0.3, 0.4) is 0 Å². The number of imidazole rings is 1. The standard InChI is InChI=1S/C43H28N6O/c1-2-13-29(14-3-1)47-28-48(39-22-11-10-21-38(39)47)41-23-12-24-42(46-41)50-30-25-26-34-33-17-6-9-20-37(33)49(40(34)27-30)43-44-35-18-7-4-15-31(35)32-16-5-8-19-36(32)45-43/h1-27H,(H,44,45). The van der Waals surface area contributed by atoms with E-state index in [1.165, 1.54) is 0 Å². The maximum absolute atomic E-state index is 6.51. The summed E-state index contributed by atoms with van der Waals surface area (Å²) < 4.78 is 12.7. The lowest BCUT2D eigenvalue weighted by molar-refractivity contribution is -0.572. The summed E-state index contributed by atoms with van der Waals surface area (Å²) in [6.07, 6.45) is 3.51. The van der Waals surface area contributed by atoms with Crippen LogP contribution in [0.5, 0.6) is 11.6 Å². The molecule has 236 valence electrons. The van der Waals surface area contributed by atoms with Gasteiger partial charge >= 0.3 is 0 Å². The van der Waals surface area contributed by atoms with E-state index in [1.807, 2.05) is 71.3 Å². The van der Waals surface area contributed by atoms with Crippen LogP contribution < -0.4 is 14.6 Å². The van der Waals surface area contributed by atoms with Crippen LogP contribution in [0.4, 0.5) is 11.4 Å². The molecule has 0 atom stereocenters. The minimum absolute atomic E-state index is 0.481. The Morgan fingerprint density at radius 2 is 1.34 bits per heavy atom. The molecular formula is C43H28N6O. The molecule has 1 N–H and O–H groups in total. The Hall–Kier alpha value is -6.99. The SMILES string of the molecule is [c-]1n(-c2cccc(Oc3ccc4c5ccccc5n(C5=Nc6ccccc6-c6ccccc6N5)c4c3)n2)c2ccccc2[n+]1-c1ccccc1. The van der Waals surface area contributed by atoms with E-state index in [4.69, 9.17) is 14.7 Å². The molecule has 0 radical (unpaired) electrons. The molecule has 7 heteroatoms. The van der Waals surface area contributed by atoms with Crippen molar-refractivity contribution in [2.75, 3.05) is 5.32 Å². The van der Waals surface area contributed by atoms with E-state index in [0.717, 1.165) is 61.0 Å². The van der Waals surface area contributed by atoms with Gasteiger partial charge in [-0.25, -0.2) is 9.98 Å². The fraction of sp³-hybridized carbons (Fsp3) is 0. The van der Waals surface area contributed by atoms with Crippen molar-refractivity contribution in [1.82, 2.24) is 14.1 Å². The van der Waals surface area contributed by atoms with Crippen LogP contribution in [0.15, 0.2) is 169 Å².